The monoisotopic (exact) mass is 310 g/mol. The largest absolute Gasteiger partial charge is 0.320 e. The fraction of sp³-hybridized carbons (Fsp3) is 0.235. The van der Waals surface area contributed by atoms with Crippen molar-refractivity contribution in [1.82, 2.24) is 14.6 Å². The number of aryl methyl sites for hydroxylation is 1. The lowest BCUT2D eigenvalue weighted by atomic mass is 10.2. The molecule has 4 rings (SSSR count). The standard InChI is InChI=1S/C17H15FN4O/c1-10-8-12(18)4-5-13(10)21-17(23)14-9-15(11-2-3-11)22-16(20-14)6-7-19-22/h4-9,11H,2-3H2,1H3,(H,21,23). The first kappa shape index (κ1) is 13.9. The van der Waals surface area contributed by atoms with Crippen LogP contribution in [-0.4, -0.2) is 20.5 Å². The Labute approximate surface area is 132 Å². The lowest BCUT2D eigenvalue weighted by Gasteiger charge is -2.10. The van der Waals surface area contributed by atoms with E-state index in [1.54, 1.807) is 35.8 Å². The van der Waals surface area contributed by atoms with Gasteiger partial charge in [0, 0.05) is 23.4 Å². The molecule has 6 heteroatoms. The molecule has 0 radical (unpaired) electrons. The van der Waals surface area contributed by atoms with Gasteiger partial charge in [0.15, 0.2) is 5.65 Å². The first-order valence-electron chi connectivity index (χ1n) is 7.54. The number of nitrogens with zero attached hydrogens (tertiary/aromatic N) is 3. The van der Waals surface area contributed by atoms with E-state index in [9.17, 15) is 9.18 Å². The molecule has 1 fully saturated rings. The fourth-order valence-electron chi connectivity index (χ4n) is 2.68. The Morgan fingerprint density at radius 3 is 2.87 bits per heavy atom. The van der Waals surface area contributed by atoms with Gasteiger partial charge in [-0.3, -0.25) is 4.79 Å². The van der Waals surface area contributed by atoms with Crippen LogP contribution in [0.3, 0.4) is 0 Å². The van der Waals surface area contributed by atoms with Crippen LogP contribution in [0.1, 0.15) is 40.5 Å². The third kappa shape index (κ3) is 2.56. The molecule has 1 amide bonds. The van der Waals surface area contributed by atoms with Crippen molar-refractivity contribution in [1.29, 1.82) is 0 Å². The molecule has 0 spiro atoms. The SMILES string of the molecule is Cc1cc(F)ccc1NC(=O)c1cc(C2CC2)n2nccc2n1. The number of anilines is 1. The van der Waals surface area contributed by atoms with Crippen molar-refractivity contribution in [2.75, 3.05) is 5.32 Å². The molecule has 0 unspecified atom stereocenters. The molecule has 23 heavy (non-hydrogen) atoms. The molecule has 0 bridgehead atoms. The van der Waals surface area contributed by atoms with Gasteiger partial charge in [-0.25, -0.2) is 13.9 Å². The Bertz CT molecular complexity index is 914. The summed E-state index contributed by atoms with van der Waals surface area (Å²) in [5.74, 6) is -0.180. The summed E-state index contributed by atoms with van der Waals surface area (Å²) >= 11 is 0. The predicted octanol–water partition coefficient (Wildman–Crippen LogP) is 3.31. The van der Waals surface area contributed by atoms with Gasteiger partial charge >= 0.3 is 0 Å². The van der Waals surface area contributed by atoms with E-state index in [0.717, 1.165) is 18.5 Å². The van der Waals surface area contributed by atoms with Crippen LogP contribution < -0.4 is 5.32 Å². The number of carbonyl (C=O) groups excluding carboxylic acids is 1. The van der Waals surface area contributed by atoms with Crippen molar-refractivity contribution in [2.24, 2.45) is 0 Å². The zero-order valence-electron chi connectivity index (χ0n) is 12.6. The molecule has 5 nitrogen and oxygen atoms in total. The molecule has 2 aromatic heterocycles. The lowest BCUT2D eigenvalue weighted by Crippen LogP contribution is -2.16. The zero-order chi connectivity index (χ0) is 16.0. The lowest BCUT2D eigenvalue weighted by molar-refractivity contribution is 0.102. The number of aromatic nitrogens is 3. The molecule has 2 heterocycles. The van der Waals surface area contributed by atoms with Gasteiger partial charge in [0.05, 0.1) is 6.20 Å². The number of benzene rings is 1. The fourth-order valence-corrected chi connectivity index (χ4v) is 2.68. The van der Waals surface area contributed by atoms with Gasteiger partial charge in [-0.05, 0) is 49.6 Å². The highest BCUT2D eigenvalue weighted by Gasteiger charge is 2.28. The van der Waals surface area contributed by atoms with Gasteiger partial charge in [0.25, 0.3) is 5.91 Å². The van der Waals surface area contributed by atoms with E-state index in [4.69, 9.17) is 0 Å². The van der Waals surface area contributed by atoms with Gasteiger partial charge in [-0.15, -0.1) is 0 Å². The smallest absolute Gasteiger partial charge is 0.274 e. The highest BCUT2D eigenvalue weighted by Crippen LogP contribution is 2.40. The average Bonchev–Trinajstić information content (AvgIpc) is 3.26. The minimum atomic E-state index is -0.324. The van der Waals surface area contributed by atoms with Crippen molar-refractivity contribution < 1.29 is 9.18 Å². The van der Waals surface area contributed by atoms with E-state index >= 15 is 0 Å². The molecule has 1 saturated carbocycles. The highest BCUT2D eigenvalue weighted by molar-refractivity contribution is 6.03. The second kappa shape index (κ2) is 5.15. The molecule has 1 aliphatic carbocycles. The van der Waals surface area contributed by atoms with Crippen LogP contribution >= 0.6 is 0 Å². The molecule has 1 aliphatic rings. The number of fused-ring (bicyclic) bond motifs is 1. The number of halogens is 1. The second-order valence-electron chi connectivity index (χ2n) is 5.86. The Kier molecular flexibility index (Phi) is 3.11. The molecule has 116 valence electrons. The summed E-state index contributed by atoms with van der Waals surface area (Å²) in [4.78, 5) is 16.9. The molecule has 3 aromatic rings. The van der Waals surface area contributed by atoms with Crippen molar-refractivity contribution >= 4 is 17.2 Å². The van der Waals surface area contributed by atoms with E-state index in [1.165, 1.54) is 12.1 Å². The Morgan fingerprint density at radius 1 is 1.30 bits per heavy atom. The van der Waals surface area contributed by atoms with Crippen molar-refractivity contribution in [3.05, 3.63) is 59.3 Å². The number of nitrogens with one attached hydrogen (secondary N) is 1. The molecular weight excluding hydrogens is 295 g/mol. The van der Waals surface area contributed by atoms with Crippen LogP contribution in [0.2, 0.25) is 0 Å². The van der Waals surface area contributed by atoms with Crippen molar-refractivity contribution in [3.63, 3.8) is 0 Å². The number of amides is 1. The van der Waals surface area contributed by atoms with Gasteiger partial charge < -0.3 is 5.32 Å². The summed E-state index contributed by atoms with van der Waals surface area (Å²) in [6.07, 6.45) is 3.90. The molecule has 1 N–H and O–H groups in total. The summed E-state index contributed by atoms with van der Waals surface area (Å²) in [5, 5.41) is 7.07. The first-order valence-corrected chi connectivity index (χ1v) is 7.54. The molecule has 0 atom stereocenters. The van der Waals surface area contributed by atoms with E-state index < -0.39 is 0 Å². The maximum Gasteiger partial charge on any atom is 0.274 e. The zero-order valence-corrected chi connectivity index (χ0v) is 12.6. The topological polar surface area (TPSA) is 59.3 Å². The molecule has 0 aliphatic heterocycles. The number of hydrogen-bond donors (Lipinski definition) is 1. The van der Waals surface area contributed by atoms with E-state index in [-0.39, 0.29) is 11.7 Å². The van der Waals surface area contributed by atoms with Gasteiger partial charge in [-0.1, -0.05) is 0 Å². The normalized spacial score (nSPS) is 14.2. The van der Waals surface area contributed by atoms with Crippen molar-refractivity contribution in [2.45, 2.75) is 25.7 Å². The Balaban J connectivity index is 1.69. The Hall–Kier alpha value is -2.76. The van der Waals surface area contributed by atoms with Crippen LogP contribution in [0.4, 0.5) is 10.1 Å². The highest BCUT2D eigenvalue weighted by atomic mass is 19.1. The van der Waals surface area contributed by atoms with E-state index in [0.29, 0.717) is 28.5 Å². The maximum absolute atomic E-state index is 13.2. The van der Waals surface area contributed by atoms with Crippen LogP contribution in [0.15, 0.2) is 36.5 Å². The number of carbonyl (C=O) groups is 1. The minimum absolute atomic E-state index is 0.301. The number of rotatable bonds is 3. The van der Waals surface area contributed by atoms with Crippen molar-refractivity contribution in [3.8, 4) is 0 Å². The second-order valence-corrected chi connectivity index (χ2v) is 5.86. The average molecular weight is 310 g/mol. The third-order valence-electron chi connectivity index (χ3n) is 4.05. The van der Waals surface area contributed by atoms with E-state index in [2.05, 4.69) is 15.4 Å². The third-order valence-corrected chi connectivity index (χ3v) is 4.05. The van der Waals surface area contributed by atoms with Crippen LogP contribution in [0.5, 0.6) is 0 Å². The summed E-state index contributed by atoms with van der Waals surface area (Å²) in [6.45, 7) is 1.75. The molecular formula is C17H15FN4O. The van der Waals surface area contributed by atoms with Gasteiger partial charge in [-0.2, -0.15) is 5.10 Å². The summed E-state index contributed by atoms with van der Waals surface area (Å²) in [7, 11) is 0. The van der Waals surface area contributed by atoms with Gasteiger partial charge in [0.1, 0.15) is 11.5 Å². The number of hydrogen-bond acceptors (Lipinski definition) is 3. The summed E-state index contributed by atoms with van der Waals surface area (Å²) in [5.41, 5.74) is 3.28. The van der Waals surface area contributed by atoms with Crippen LogP contribution in [0, 0.1) is 12.7 Å². The maximum atomic E-state index is 13.2. The first-order chi connectivity index (χ1) is 11.1. The summed E-state index contributed by atoms with van der Waals surface area (Å²) in [6, 6.07) is 7.85. The van der Waals surface area contributed by atoms with Gasteiger partial charge in [0.2, 0.25) is 0 Å². The Morgan fingerprint density at radius 2 is 2.13 bits per heavy atom. The molecule has 0 saturated heterocycles. The summed E-state index contributed by atoms with van der Waals surface area (Å²) < 4.78 is 15.0. The van der Waals surface area contributed by atoms with Crippen LogP contribution in [-0.2, 0) is 0 Å². The van der Waals surface area contributed by atoms with Crippen LogP contribution in [0.25, 0.3) is 5.65 Å². The molecule has 1 aromatic carbocycles. The minimum Gasteiger partial charge on any atom is -0.320 e. The van der Waals surface area contributed by atoms with E-state index in [1.807, 2.05) is 0 Å². The predicted molar refractivity (Wildman–Crippen MR) is 84.1 cm³/mol. The quantitative estimate of drug-likeness (QED) is 0.807.